The molecule has 4 N–H and O–H groups in total. The lowest BCUT2D eigenvalue weighted by molar-refractivity contribution is -0.119. The van der Waals surface area contributed by atoms with Gasteiger partial charge in [0.25, 0.3) is 5.91 Å². The van der Waals surface area contributed by atoms with E-state index in [0.717, 1.165) is 22.9 Å². The second-order valence-corrected chi connectivity index (χ2v) is 4.73. The van der Waals surface area contributed by atoms with Gasteiger partial charge in [0.05, 0.1) is 0 Å². The monoisotopic (exact) mass is 300 g/mol. The highest BCUT2D eigenvalue weighted by molar-refractivity contribution is 9.10. The van der Waals surface area contributed by atoms with Crippen LogP contribution in [0.25, 0.3) is 0 Å². The van der Waals surface area contributed by atoms with E-state index in [1.54, 1.807) is 6.07 Å². The Morgan fingerprint density at radius 3 is 2.82 bits per heavy atom. The predicted molar refractivity (Wildman–Crippen MR) is 70.8 cm³/mol. The lowest BCUT2D eigenvalue weighted by atomic mass is 10.0. The molecule has 1 rings (SSSR count). The minimum atomic E-state index is -0.486. The molecule has 17 heavy (non-hydrogen) atoms. The fourth-order valence-electron chi connectivity index (χ4n) is 1.38. The van der Waals surface area contributed by atoms with Gasteiger partial charge in [-0.25, -0.2) is 0 Å². The summed E-state index contributed by atoms with van der Waals surface area (Å²) in [7, 11) is 0. The zero-order chi connectivity index (χ0) is 12.8. The van der Waals surface area contributed by atoms with Gasteiger partial charge in [0.2, 0.25) is 0 Å². The van der Waals surface area contributed by atoms with E-state index in [0.29, 0.717) is 5.75 Å². The smallest absolute Gasteiger partial charge is 0.255 e. The van der Waals surface area contributed by atoms with Gasteiger partial charge in [-0.15, -0.1) is 0 Å². The average molecular weight is 301 g/mol. The molecule has 1 amide bonds. The summed E-state index contributed by atoms with van der Waals surface area (Å²) in [5.74, 6) is 0.144. The summed E-state index contributed by atoms with van der Waals surface area (Å²) in [5, 5.41) is 0. The van der Waals surface area contributed by atoms with Crippen LogP contribution in [0.4, 0.5) is 0 Å². The first-order valence-corrected chi connectivity index (χ1v) is 6.27. The minimum Gasteiger partial charge on any atom is -0.484 e. The van der Waals surface area contributed by atoms with Crippen LogP contribution < -0.4 is 16.2 Å². The Bertz CT molecular complexity index is 396. The van der Waals surface area contributed by atoms with Crippen molar-refractivity contribution in [3.63, 3.8) is 0 Å². The molecular formula is C12H17BrN2O2. The third kappa shape index (κ3) is 4.75. The molecule has 0 radical (unpaired) electrons. The summed E-state index contributed by atoms with van der Waals surface area (Å²) in [6.07, 6.45) is 1.68. The molecular weight excluding hydrogens is 284 g/mol. The molecule has 0 fully saturated rings. The maximum atomic E-state index is 10.6. The van der Waals surface area contributed by atoms with E-state index >= 15 is 0 Å². The van der Waals surface area contributed by atoms with Gasteiger partial charge in [0, 0.05) is 10.5 Å². The quantitative estimate of drug-likeness (QED) is 0.837. The number of benzene rings is 1. The van der Waals surface area contributed by atoms with Crippen molar-refractivity contribution in [1.82, 2.24) is 0 Å². The summed E-state index contributed by atoms with van der Waals surface area (Å²) < 4.78 is 6.24. The zero-order valence-electron chi connectivity index (χ0n) is 9.78. The highest BCUT2D eigenvalue weighted by atomic mass is 79.9. The number of carbonyl (C=O) groups excluding carboxylic acids is 1. The second kappa shape index (κ2) is 6.61. The van der Waals surface area contributed by atoms with Crippen LogP contribution in [-0.2, 0) is 11.2 Å². The summed E-state index contributed by atoms with van der Waals surface area (Å²) in [6.45, 7) is 1.94. The van der Waals surface area contributed by atoms with Gasteiger partial charge in [0.15, 0.2) is 6.61 Å². The van der Waals surface area contributed by atoms with E-state index in [1.807, 2.05) is 19.1 Å². The molecule has 0 aliphatic rings. The fourth-order valence-corrected chi connectivity index (χ4v) is 1.79. The number of halogens is 1. The number of hydrogen-bond acceptors (Lipinski definition) is 3. The van der Waals surface area contributed by atoms with E-state index in [2.05, 4.69) is 15.9 Å². The van der Waals surface area contributed by atoms with E-state index in [4.69, 9.17) is 16.2 Å². The summed E-state index contributed by atoms with van der Waals surface area (Å²) >= 11 is 3.47. The topological polar surface area (TPSA) is 78.3 Å². The summed E-state index contributed by atoms with van der Waals surface area (Å²) in [5.41, 5.74) is 12.0. The number of carbonyl (C=O) groups is 1. The lowest BCUT2D eigenvalue weighted by Crippen LogP contribution is -2.22. The molecule has 0 aliphatic carbocycles. The Labute approximate surface area is 109 Å². The Hall–Kier alpha value is -1.07. The van der Waals surface area contributed by atoms with Crippen LogP contribution in [0, 0.1) is 0 Å². The van der Waals surface area contributed by atoms with Crippen molar-refractivity contribution in [2.24, 2.45) is 11.5 Å². The van der Waals surface area contributed by atoms with E-state index in [-0.39, 0.29) is 12.6 Å². The van der Waals surface area contributed by atoms with Crippen molar-refractivity contribution >= 4 is 21.8 Å². The fraction of sp³-hybridized carbons (Fsp3) is 0.417. The first-order valence-electron chi connectivity index (χ1n) is 5.48. The van der Waals surface area contributed by atoms with Crippen molar-refractivity contribution in [2.75, 3.05) is 6.61 Å². The van der Waals surface area contributed by atoms with Crippen molar-refractivity contribution in [3.05, 3.63) is 28.2 Å². The normalized spacial score (nSPS) is 12.2. The summed E-state index contributed by atoms with van der Waals surface area (Å²) in [4.78, 5) is 10.6. The highest BCUT2D eigenvalue weighted by Crippen LogP contribution is 2.24. The van der Waals surface area contributed by atoms with Gasteiger partial charge >= 0.3 is 0 Å². The number of hydrogen-bond donors (Lipinski definition) is 2. The largest absolute Gasteiger partial charge is 0.484 e. The summed E-state index contributed by atoms with van der Waals surface area (Å²) in [6, 6.07) is 5.67. The van der Waals surface area contributed by atoms with E-state index < -0.39 is 5.91 Å². The van der Waals surface area contributed by atoms with Crippen LogP contribution in [0.15, 0.2) is 22.7 Å². The van der Waals surface area contributed by atoms with Crippen LogP contribution >= 0.6 is 15.9 Å². The first kappa shape index (κ1) is 14.0. The molecule has 1 unspecified atom stereocenters. The van der Waals surface area contributed by atoms with Crippen LogP contribution in [0.3, 0.4) is 0 Å². The molecule has 5 heteroatoms. The van der Waals surface area contributed by atoms with Gasteiger partial charge in [-0.05, 0) is 36.6 Å². The van der Waals surface area contributed by atoms with Crippen LogP contribution in [0.5, 0.6) is 5.75 Å². The Kier molecular flexibility index (Phi) is 5.44. The number of amides is 1. The van der Waals surface area contributed by atoms with Crippen LogP contribution in [-0.4, -0.2) is 18.6 Å². The molecule has 0 bridgehead atoms. The number of nitrogens with two attached hydrogens (primary N) is 2. The number of rotatable bonds is 6. The molecule has 0 spiro atoms. The molecule has 0 saturated heterocycles. The maximum absolute atomic E-state index is 10.6. The minimum absolute atomic E-state index is 0.110. The first-order chi connectivity index (χ1) is 8.02. The van der Waals surface area contributed by atoms with Crippen molar-refractivity contribution in [1.29, 1.82) is 0 Å². The Morgan fingerprint density at radius 1 is 1.53 bits per heavy atom. The number of primary amides is 1. The lowest BCUT2D eigenvalue weighted by Gasteiger charge is -2.12. The van der Waals surface area contributed by atoms with Gasteiger partial charge < -0.3 is 16.2 Å². The van der Waals surface area contributed by atoms with Crippen molar-refractivity contribution in [3.8, 4) is 5.75 Å². The molecule has 94 valence electrons. The highest BCUT2D eigenvalue weighted by Gasteiger charge is 2.07. The standard InChI is InChI=1S/C12H17BrN2O2/c1-2-9(14)5-8-6-10(3-4-11(8)13)17-7-12(15)16/h3-4,6,9H,2,5,7,14H2,1H3,(H2,15,16). The van der Waals surface area contributed by atoms with Crippen LogP contribution in [0.2, 0.25) is 0 Å². The predicted octanol–water partition coefficient (Wildman–Crippen LogP) is 1.59. The second-order valence-electron chi connectivity index (χ2n) is 3.88. The molecule has 4 nitrogen and oxygen atoms in total. The number of ether oxygens (including phenoxy) is 1. The molecule has 1 aromatic carbocycles. The van der Waals surface area contributed by atoms with Crippen molar-refractivity contribution < 1.29 is 9.53 Å². The third-order valence-corrected chi connectivity index (χ3v) is 3.18. The maximum Gasteiger partial charge on any atom is 0.255 e. The van der Waals surface area contributed by atoms with Crippen LogP contribution in [0.1, 0.15) is 18.9 Å². The van der Waals surface area contributed by atoms with Gasteiger partial charge in [-0.2, -0.15) is 0 Å². The molecule has 1 aromatic rings. The zero-order valence-corrected chi connectivity index (χ0v) is 11.4. The molecule has 0 saturated carbocycles. The Morgan fingerprint density at radius 2 is 2.24 bits per heavy atom. The van der Waals surface area contributed by atoms with Gasteiger partial charge in [-0.1, -0.05) is 22.9 Å². The Balaban J connectivity index is 2.75. The SMILES string of the molecule is CCC(N)Cc1cc(OCC(N)=O)ccc1Br. The molecule has 0 aliphatic heterocycles. The van der Waals surface area contributed by atoms with E-state index in [9.17, 15) is 4.79 Å². The van der Waals surface area contributed by atoms with Gasteiger partial charge in [-0.3, -0.25) is 4.79 Å². The molecule has 0 aromatic heterocycles. The van der Waals surface area contributed by atoms with Crippen molar-refractivity contribution in [2.45, 2.75) is 25.8 Å². The average Bonchev–Trinajstić information content (AvgIpc) is 2.29. The third-order valence-electron chi connectivity index (χ3n) is 2.40. The molecule has 0 heterocycles. The van der Waals surface area contributed by atoms with E-state index in [1.165, 1.54) is 0 Å². The van der Waals surface area contributed by atoms with Gasteiger partial charge in [0.1, 0.15) is 5.75 Å². The molecule has 1 atom stereocenters.